The van der Waals surface area contributed by atoms with Gasteiger partial charge in [0.1, 0.15) is 12.1 Å². The first-order valence-corrected chi connectivity index (χ1v) is 4.00. The second-order valence-electron chi connectivity index (χ2n) is 2.68. The predicted octanol–water partition coefficient (Wildman–Crippen LogP) is 0.278. The molecule has 1 rings (SSSR count). The molecule has 1 atom stereocenters. The number of aliphatic hydroxyl groups excluding tert-OH is 1. The van der Waals surface area contributed by atoms with Crippen molar-refractivity contribution in [3.8, 4) is 5.88 Å². The molecule has 1 unspecified atom stereocenters. The summed E-state index contributed by atoms with van der Waals surface area (Å²) in [5.41, 5.74) is 0. The van der Waals surface area contributed by atoms with Crippen molar-refractivity contribution in [1.29, 1.82) is 0 Å². The molecule has 1 aromatic heterocycles. The van der Waals surface area contributed by atoms with E-state index in [0.29, 0.717) is 18.2 Å². The average molecular weight is 183 g/mol. The lowest BCUT2D eigenvalue weighted by Crippen LogP contribution is -2.16. The molecule has 0 amide bonds. The molecule has 2 N–H and O–H groups in total. The zero-order valence-electron chi connectivity index (χ0n) is 7.69. The van der Waals surface area contributed by atoms with Crippen LogP contribution in [0, 0.1) is 0 Å². The number of rotatable bonds is 4. The lowest BCUT2D eigenvalue weighted by atomic mass is 10.4. The number of hydrogen-bond donors (Lipinski definition) is 2. The van der Waals surface area contributed by atoms with Crippen molar-refractivity contribution in [2.75, 3.05) is 19.0 Å². The Kier molecular flexibility index (Phi) is 3.45. The van der Waals surface area contributed by atoms with Gasteiger partial charge in [-0.15, -0.1) is 0 Å². The Balaban J connectivity index is 2.56. The molecule has 0 aliphatic carbocycles. The van der Waals surface area contributed by atoms with E-state index in [4.69, 9.17) is 9.84 Å². The molecule has 0 fully saturated rings. The second kappa shape index (κ2) is 4.61. The third-order valence-corrected chi connectivity index (χ3v) is 1.43. The van der Waals surface area contributed by atoms with Crippen LogP contribution >= 0.6 is 0 Å². The summed E-state index contributed by atoms with van der Waals surface area (Å²) in [4.78, 5) is 7.80. The molecule has 0 aliphatic rings. The number of aliphatic hydroxyl groups is 1. The second-order valence-corrected chi connectivity index (χ2v) is 2.68. The molecule has 1 aromatic rings. The van der Waals surface area contributed by atoms with Gasteiger partial charge in [-0.3, -0.25) is 0 Å². The molecule has 1 heterocycles. The molecule has 0 saturated carbocycles. The third kappa shape index (κ3) is 3.25. The third-order valence-electron chi connectivity index (χ3n) is 1.43. The number of ether oxygens (including phenoxy) is 1. The van der Waals surface area contributed by atoms with Gasteiger partial charge in [-0.05, 0) is 6.92 Å². The fraction of sp³-hybridized carbons (Fsp3) is 0.500. The Morgan fingerprint density at radius 2 is 2.38 bits per heavy atom. The summed E-state index contributed by atoms with van der Waals surface area (Å²) in [6.45, 7) is 2.16. The Morgan fingerprint density at radius 1 is 1.62 bits per heavy atom. The molecule has 0 aromatic carbocycles. The molecular formula is C8H13N3O2. The first-order chi connectivity index (χ1) is 6.22. The maximum Gasteiger partial charge on any atom is 0.218 e. The van der Waals surface area contributed by atoms with Gasteiger partial charge < -0.3 is 15.2 Å². The van der Waals surface area contributed by atoms with E-state index in [1.807, 2.05) is 0 Å². The van der Waals surface area contributed by atoms with Gasteiger partial charge in [0.2, 0.25) is 5.88 Å². The number of methoxy groups -OCH3 is 1. The van der Waals surface area contributed by atoms with E-state index in [1.54, 1.807) is 20.1 Å². The number of aromatic nitrogens is 2. The van der Waals surface area contributed by atoms with Crippen LogP contribution in [0.5, 0.6) is 5.88 Å². The molecular weight excluding hydrogens is 170 g/mol. The summed E-state index contributed by atoms with van der Waals surface area (Å²) in [6, 6.07) is 1.67. The van der Waals surface area contributed by atoms with E-state index in [-0.39, 0.29) is 0 Å². The summed E-state index contributed by atoms with van der Waals surface area (Å²) < 4.78 is 4.91. The van der Waals surface area contributed by atoms with E-state index in [1.165, 1.54) is 6.33 Å². The molecule has 5 heteroatoms. The number of nitrogens with one attached hydrogen (secondary N) is 1. The fourth-order valence-corrected chi connectivity index (χ4v) is 0.800. The lowest BCUT2D eigenvalue weighted by molar-refractivity contribution is 0.208. The smallest absolute Gasteiger partial charge is 0.218 e. The largest absolute Gasteiger partial charge is 0.481 e. The highest BCUT2D eigenvalue weighted by Gasteiger charge is 1.99. The molecule has 0 spiro atoms. The molecule has 0 saturated heterocycles. The zero-order chi connectivity index (χ0) is 9.68. The molecule has 0 radical (unpaired) electrons. The number of nitrogens with zero attached hydrogens (tertiary/aromatic N) is 2. The molecule has 5 nitrogen and oxygen atoms in total. The van der Waals surface area contributed by atoms with Gasteiger partial charge in [0.15, 0.2) is 0 Å². The predicted molar refractivity (Wildman–Crippen MR) is 48.8 cm³/mol. The normalized spacial score (nSPS) is 12.2. The minimum absolute atomic E-state index is 0.402. The summed E-state index contributed by atoms with van der Waals surface area (Å²) >= 11 is 0. The van der Waals surface area contributed by atoms with Crippen LogP contribution < -0.4 is 10.1 Å². The molecule has 72 valence electrons. The first kappa shape index (κ1) is 9.73. The monoisotopic (exact) mass is 183 g/mol. The van der Waals surface area contributed by atoms with Crippen LogP contribution in [0.3, 0.4) is 0 Å². The first-order valence-electron chi connectivity index (χ1n) is 4.00. The van der Waals surface area contributed by atoms with Crippen LogP contribution in [0.25, 0.3) is 0 Å². The highest BCUT2D eigenvalue weighted by molar-refractivity contribution is 5.36. The van der Waals surface area contributed by atoms with Gasteiger partial charge in [-0.1, -0.05) is 0 Å². The standard InChI is InChI=1S/C8H13N3O2/c1-6(12)4-9-7-3-8(13-2)11-5-10-7/h3,5-6,12H,4H2,1-2H3,(H,9,10,11). The minimum Gasteiger partial charge on any atom is -0.481 e. The van der Waals surface area contributed by atoms with Crippen molar-refractivity contribution in [3.05, 3.63) is 12.4 Å². The summed E-state index contributed by atoms with van der Waals surface area (Å²) in [7, 11) is 1.54. The highest BCUT2D eigenvalue weighted by atomic mass is 16.5. The maximum absolute atomic E-state index is 9.00. The van der Waals surface area contributed by atoms with Crippen molar-refractivity contribution in [3.63, 3.8) is 0 Å². The quantitative estimate of drug-likeness (QED) is 0.701. The topological polar surface area (TPSA) is 67.3 Å². The van der Waals surface area contributed by atoms with Gasteiger partial charge in [-0.25, -0.2) is 9.97 Å². The Bertz CT molecular complexity index is 265. The van der Waals surface area contributed by atoms with Crippen LogP contribution in [0.2, 0.25) is 0 Å². The number of hydrogen-bond acceptors (Lipinski definition) is 5. The lowest BCUT2D eigenvalue weighted by Gasteiger charge is -2.07. The van der Waals surface area contributed by atoms with E-state index >= 15 is 0 Å². The van der Waals surface area contributed by atoms with E-state index < -0.39 is 6.10 Å². The average Bonchev–Trinajstić information content (AvgIpc) is 2.15. The Labute approximate surface area is 76.8 Å². The summed E-state index contributed by atoms with van der Waals surface area (Å²) in [5, 5.41) is 11.9. The summed E-state index contributed by atoms with van der Waals surface area (Å²) in [5.74, 6) is 1.15. The van der Waals surface area contributed by atoms with E-state index in [0.717, 1.165) is 0 Å². The van der Waals surface area contributed by atoms with Gasteiger partial charge in [0, 0.05) is 12.6 Å². The Hall–Kier alpha value is -1.36. The van der Waals surface area contributed by atoms with Gasteiger partial charge in [0.25, 0.3) is 0 Å². The van der Waals surface area contributed by atoms with Crippen LogP contribution in [0.15, 0.2) is 12.4 Å². The van der Waals surface area contributed by atoms with Crippen LogP contribution in [-0.2, 0) is 0 Å². The summed E-state index contributed by atoms with van der Waals surface area (Å²) in [6.07, 6.45) is 1.00. The molecule has 0 aliphatic heterocycles. The van der Waals surface area contributed by atoms with Crippen LogP contribution in [0.4, 0.5) is 5.82 Å². The van der Waals surface area contributed by atoms with E-state index in [9.17, 15) is 0 Å². The minimum atomic E-state index is -0.402. The van der Waals surface area contributed by atoms with Gasteiger partial charge in [-0.2, -0.15) is 0 Å². The van der Waals surface area contributed by atoms with Crippen molar-refractivity contribution in [1.82, 2.24) is 9.97 Å². The van der Waals surface area contributed by atoms with Crippen molar-refractivity contribution >= 4 is 5.82 Å². The molecule has 13 heavy (non-hydrogen) atoms. The van der Waals surface area contributed by atoms with Crippen LogP contribution in [-0.4, -0.2) is 34.8 Å². The van der Waals surface area contributed by atoms with Gasteiger partial charge >= 0.3 is 0 Å². The van der Waals surface area contributed by atoms with Gasteiger partial charge in [0.05, 0.1) is 13.2 Å². The molecule has 0 bridgehead atoms. The zero-order valence-corrected chi connectivity index (χ0v) is 7.69. The van der Waals surface area contributed by atoms with E-state index in [2.05, 4.69) is 15.3 Å². The SMILES string of the molecule is COc1cc(NCC(C)O)ncn1. The van der Waals surface area contributed by atoms with Crippen molar-refractivity contribution < 1.29 is 9.84 Å². The Morgan fingerprint density at radius 3 is 3.00 bits per heavy atom. The maximum atomic E-state index is 9.00. The van der Waals surface area contributed by atoms with Crippen LogP contribution in [0.1, 0.15) is 6.92 Å². The fourth-order valence-electron chi connectivity index (χ4n) is 0.800. The van der Waals surface area contributed by atoms with Crippen molar-refractivity contribution in [2.24, 2.45) is 0 Å². The highest BCUT2D eigenvalue weighted by Crippen LogP contribution is 2.09. The van der Waals surface area contributed by atoms with Crippen molar-refractivity contribution in [2.45, 2.75) is 13.0 Å². The number of anilines is 1.